The molecule has 1 heterocycles. The minimum absolute atomic E-state index is 0.00695. The average molecular weight is 272 g/mol. The van der Waals surface area contributed by atoms with E-state index in [9.17, 15) is 19.4 Å². The number of ketones is 1. The van der Waals surface area contributed by atoms with Crippen LogP contribution in [0, 0.1) is 5.82 Å². The van der Waals surface area contributed by atoms with Crippen molar-refractivity contribution in [1.29, 1.82) is 0 Å². The molecular weight excluding hydrogens is 263 g/mol. The highest BCUT2D eigenvalue weighted by molar-refractivity contribution is 6.15. The number of phenolic OH excluding ortho intramolecular Hbond substituents is 2. The summed E-state index contributed by atoms with van der Waals surface area (Å²) in [5.41, 5.74) is 0.764. The van der Waals surface area contributed by atoms with Crippen LogP contribution >= 0.6 is 0 Å². The van der Waals surface area contributed by atoms with Crippen LogP contribution in [0.5, 0.6) is 17.2 Å². The van der Waals surface area contributed by atoms with Crippen molar-refractivity contribution in [2.45, 2.75) is 0 Å². The van der Waals surface area contributed by atoms with E-state index in [0.717, 1.165) is 0 Å². The Morgan fingerprint density at radius 2 is 1.75 bits per heavy atom. The van der Waals surface area contributed by atoms with E-state index in [1.54, 1.807) is 0 Å². The second-order valence-electron chi connectivity index (χ2n) is 4.30. The molecule has 0 saturated heterocycles. The van der Waals surface area contributed by atoms with Gasteiger partial charge in [0.2, 0.25) is 11.5 Å². The fourth-order valence-electron chi connectivity index (χ4n) is 1.94. The zero-order valence-corrected chi connectivity index (χ0v) is 10.1. The molecule has 0 saturated carbocycles. The van der Waals surface area contributed by atoms with Gasteiger partial charge in [0.25, 0.3) is 0 Å². The minimum atomic E-state index is -0.474. The van der Waals surface area contributed by atoms with Crippen LogP contribution in [0.15, 0.2) is 42.2 Å². The van der Waals surface area contributed by atoms with Gasteiger partial charge in [0.1, 0.15) is 5.82 Å². The number of carbonyl (C=O) groups excluding carboxylic acids is 1. The van der Waals surface area contributed by atoms with Gasteiger partial charge in [-0.25, -0.2) is 4.39 Å². The first-order valence-electron chi connectivity index (χ1n) is 5.81. The Morgan fingerprint density at radius 3 is 2.45 bits per heavy atom. The van der Waals surface area contributed by atoms with Crippen molar-refractivity contribution in [3.8, 4) is 17.2 Å². The summed E-state index contributed by atoms with van der Waals surface area (Å²) < 4.78 is 18.1. The monoisotopic (exact) mass is 272 g/mol. The van der Waals surface area contributed by atoms with Crippen molar-refractivity contribution < 1.29 is 24.1 Å². The van der Waals surface area contributed by atoms with Crippen molar-refractivity contribution in [3.63, 3.8) is 0 Å². The third-order valence-corrected chi connectivity index (χ3v) is 2.96. The van der Waals surface area contributed by atoms with Gasteiger partial charge in [0.05, 0.1) is 5.56 Å². The molecule has 0 spiro atoms. The van der Waals surface area contributed by atoms with Crippen LogP contribution in [0.4, 0.5) is 4.39 Å². The van der Waals surface area contributed by atoms with Crippen molar-refractivity contribution >= 4 is 11.9 Å². The van der Waals surface area contributed by atoms with Gasteiger partial charge in [-0.2, -0.15) is 0 Å². The summed E-state index contributed by atoms with van der Waals surface area (Å²) in [6, 6.07) is 8.12. The minimum Gasteiger partial charge on any atom is -0.504 e. The Kier molecular flexibility index (Phi) is 2.68. The standard InChI is InChI=1S/C15H9FO4/c16-9-3-1-8(2-4-9)7-12-13(18)10-5-6-11(17)14(19)15(10)20-12/h1-7,17,19H/b12-7-. The Hall–Kier alpha value is -2.82. The highest BCUT2D eigenvalue weighted by atomic mass is 19.1. The van der Waals surface area contributed by atoms with Gasteiger partial charge in [-0.3, -0.25) is 4.79 Å². The first kappa shape index (κ1) is 12.2. The van der Waals surface area contributed by atoms with E-state index in [1.165, 1.54) is 42.5 Å². The summed E-state index contributed by atoms with van der Waals surface area (Å²) in [5, 5.41) is 19.0. The quantitative estimate of drug-likeness (QED) is 0.618. The maximum atomic E-state index is 12.8. The summed E-state index contributed by atoms with van der Waals surface area (Å²) in [6.45, 7) is 0. The molecule has 0 atom stereocenters. The van der Waals surface area contributed by atoms with Crippen LogP contribution in [0.2, 0.25) is 0 Å². The Labute approximate surface area is 113 Å². The van der Waals surface area contributed by atoms with E-state index in [4.69, 9.17) is 4.74 Å². The normalized spacial score (nSPS) is 15.2. The fraction of sp³-hybridized carbons (Fsp3) is 0. The lowest BCUT2D eigenvalue weighted by atomic mass is 10.1. The molecule has 4 nitrogen and oxygen atoms in total. The number of halogens is 1. The number of Topliss-reactive ketones (excluding diaryl/α,β-unsaturated/α-hetero) is 1. The molecule has 0 radical (unpaired) electrons. The predicted molar refractivity (Wildman–Crippen MR) is 69.1 cm³/mol. The highest BCUT2D eigenvalue weighted by Crippen LogP contribution is 2.44. The third-order valence-electron chi connectivity index (χ3n) is 2.96. The van der Waals surface area contributed by atoms with Gasteiger partial charge in [0.15, 0.2) is 17.3 Å². The highest BCUT2D eigenvalue weighted by Gasteiger charge is 2.31. The zero-order valence-electron chi connectivity index (χ0n) is 10.1. The molecule has 0 aliphatic carbocycles. The number of ether oxygens (including phenoxy) is 1. The second kappa shape index (κ2) is 4.38. The van der Waals surface area contributed by atoms with Crippen molar-refractivity contribution in [3.05, 3.63) is 59.1 Å². The number of benzene rings is 2. The van der Waals surface area contributed by atoms with E-state index in [-0.39, 0.29) is 28.6 Å². The lowest BCUT2D eigenvalue weighted by molar-refractivity contribution is 0.101. The van der Waals surface area contributed by atoms with E-state index < -0.39 is 11.5 Å². The van der Waals surface area contributed by atoms with Crippen LogP contribution in [0.3, 0.4) is 0 Å². The number of phenols is 2. The summed E-state index contributed by atoms with van der Waals surface area (Å²) in [6.07, 6.45) is 1.44. The Bertz CT molecular complexity index is 732. The fourth-order valence-corrected chi connectivity index (χ4v) is 1.94. The SMILES string of the molecule is O=C1/C(=C/c2ccc(F)cc2)Oc2c1ccc(O)c2O. The van der Waals surface area contributed by atoms with Gasteiger partial charge >= 0.3 is 0 Å². The smallest absolute Gasteiger partial charge is 0.232 e. The molecule has 3 rings (SSSR count). The van der Waals surface area contributed by atoms with Crippen molar-refractivity contribution in [2.75, 3.05) is 0 Å². The van der Waals surface area contributed by atoms with Gasteiger partial charge in [-0.15, -0.1) is 0 Å². The lowest BCUT2D eigenvalue weighted by Gasteiger charge is -2.02. The summed E-state index contributed by atoms with van der Waals surface area (Å²) >= 11 is 0. The number of aromatic hydroxyl groups is 2. The summed E-state index contributed by atoms with van der Waals surface area (Å²) in [4.78, 5) is 12.1. The third kappa shape index (κ3) is 1.89. The maximum Gasteiger partial charge on any atom is 0.232 e. The number of hydrogen-bond acceptors (Lipinski definition) is 4. The number of carbonyl (C=O) groups is 1. The summed E-state index contributed by atoms with van der Waals surface area (Å²) in [7, 11) is 0. The van der Waals surface area contributed by atoms with Gasteiger partial charge in [0, 0.05) is 0 Å². The van der Waals surface area contributed by atoms with Crippen LogP contribution in [-0.4, -0.2) is 16.0 Å². The first-order valence-corrected chi connectivity index (χ1v) is 5.81. The van der Waals surface area contributed by atoms with Crippen LogP contribution in [0.1, 0.15) is 15.9 Å². The predicted octanol–water partition coefficient (Wildman–Crippen LogP) is 2.85. The number of rotatable bonds is 1. The van der Waals surface area contributed by atoms with E-state index in [1.807, 2.05) is 0 Å². The molecule has 2 aromatic carbocycles. The van der Waals surface area contributed by atoms with E-state index >= 15 is 0 Å². The largest absolute Gasteiger partial charge is 0.504 e. The molecule has 0 amide bonds. The number of allylic oxidation sites excluding steroid dienone is 1. The topological polar surface area (TPSA) is 66.8 Å². The molecule has 1 aliphatic heterocycles. The molecule has 100 valence electrons. The number of hydrogen-bond donors (Lipinski definition) is 2. The maximum absolute atomic E-state index is 12.8. The Balaban J connectivity index is 2.01. The van der Waals surface area contributed by atoms with Crippen LogP contribution in [0.25, 0.3) is 6.08 Å². The zero-order chi connectivity index (χ0) is 14.3. The van der Waals surface area contributed by atoms with Crippen LogP contribution < -0.4 is 4.74 Å². The Morgan fingerprint density at radius 1 is 1.05 bits per heavy atom. The molecule has 2 N–H and O–H groups in total. The van der Waals surface area contributed by atoms with Gasteiger partial charge in [-0.1, -0.05) is 12.1 Å². The summed E-state index contributed by atoms with van der Waals surface area (Å²) in [5.74, 6) is -1.68. The van der Waals surface area contributed by atoms with E-state index in [2.05, 4.69) is 0 Å². The van der Waals surface area contributed by atoms with Crippen molar-refractivity contribution in [2.24, 2.45) is 0 Å². The van der Waals surface area contributed by atoms with E-state index in [0.29, 0.717) is 5.56 Å². The molecule has 0 bridgehead atoms. The van der Waals surface area contributed by atoms with Crippen molar-refractivity contribution in [1.82, 2.24) is 0 Å². The molecule has 5 heteroatoms. The molecule has 1 aliphatic rings. The molecular formula is C15H9FO4. The first-order chi connectivity index (χ1) is 9.56. The number of fused-ring (bicyclic) bond motifs is 1. The molecule has 20 heavy (non-hydrogen) atoms. The van der Waals surface area contributed by atoms with Gasteiger partial charge < -0.3 is 14.9 Å². The van der Waals surface area contributed by atoms with Crippen LogP contribution in [-0.2, 0) is 0 Å². The van der Waals surface area contributed by atoms with Gasteiger partial charge in [-0.05, 0) is 35.9 Å². The molecule has 0 aromatic heterocycles. The lowest BCUT2D eigenvalue weighted by Crippen LogP contribution is -1.97. The molecule has 0 fully saturated rings. The average Bonchev–Trinajstić information content (AvgIpc) is 2.75. The molecule has 0 unspecified atom stereocenters. The molecule has 2 aromatic rings. The second-order valence-corrected chi connectivity index (χ2v) is 4.30.